The minimum Gasteiger partial charge on any atom is -0.497 e. The van der Waals surface area contributed by atoms with E-state index in [-0.39, 0.29) is 12.0 Å². The van der Waals surface area contributed by atoms with E-state index in [1.54, 1.807) is 7.11 Å². The maximum atomic E-state index is 9.80. The fraction of sp³-hybridized carbons (Fsp3) is 0.294. The van der Waals surface area contributed by atoms with Gasteiger partial charge in [-0.1, -0.05) is 49.4 Å². The molecular weight excluding hydrogens is 236 g/mol. The summed E-state index contributed by atoms with van der Waals surface area (Å²) < 4.78 is 5.25. The summed E-state index contributed by atoms with van der Waals surface area (Å²) in [6, 6.07) is 18.2. The molecule has 0 amide bonds. The molecule has 2 aromatic rings. The minimum atomic E-state index is -0.270. The lowest BCUT2D eigenvalue weighted by Gasteiger charge is -2.28. The maximum Gasteiger partial charge on any atom is 0.119 e. The van der Waals surface area contributed by atoms with Crippen molar-refractivity contribution in [3.05, 3.63) is 65.7 Å². The van der Waals surface area contributed by atoms with E-state index in [1.165, 1.54) is 5.56 Å². The Morgan fingerprint density at radius 3 is 2.42 bits per heavy atom. The first-order valence-corrected chi connectivity index (χ1v) is 6.47. The van der Waals surface area contributed by atoms with Crippen LogP contribution in [0.1, 0.15) is 18.1 Å². The van der Waals surface area contributed by atoms with Crippen LogP contribution in [0.5, 0.6) is 5.75 Å². The highest BCUT2D eigenvalue weighted by atomic mass is 16.5. The second-order valence-corrected chi connectivity index (χ2v) is 5.11. The Labute approximate surface area is 114 Å². The van der Waals surface area contributed by atoms with Crippen LogP contribution < -0.4 is 4.74 Å². The molecule has 100 valence electrons. The van der Waals surface area contributed by atoms with E-state index in [2.05, 4.69) is 25.1 Å². The Morgan fingerprint density at radius 1 is 1.05 bits per heavy atom. The van der Waals surface area contributed by atoms with Crippen molar-refractivity contribution >= 4 is 0 Å². The van der Waals surface area contributed by atoms with Crippen molar-refractivity contribution in [2.24, 2.45) is 0 Å². The number of rotatable bonds is 5. The van der Waals surface area contributed by atoms with E-state index < -0.39 is 0 Å². The third kappa shape index (κ3) is 3.15. The molecule has 0 aliphatic rings. The second kappa shape index (κ2) is 5.89. The quantitative estimate of drug-likeness (QED) is 0.890. The first kappa shape index (κ1) is 13.6. The lowest BCUT2D eigenvalue weighted by molar-refractivity contribution is 0.204. The Morgan fingerprint density at radius 2 is 1.79 bits per heavy atom. The SMILES string of the molecule is COc1cccc(CC(C)(CO)c2ccccc2)c1. The van der Waals surface area contributed by atoms with Gasteiger partial charge in [-0.25, -0.2) is 0 Å². The number of hydrogen-bond acceptors (Lipinski definition) is 2. The number of hydrogen-bond donors (Lipinski definition) is 1. The second-order valence-electron chi connectivity index (χ2n) is 5.11. The van der Waals surface area contributed by atoms with Crippen LogP contribution in [0.15, 0.2) is 54.6 Å². The Bertz CT molecular complexity index is 522. The summed E-state index contributed by atoms with van der Waals surface area (Å²) in [6.07, 6.45) is 0.782. The Hall–Kier alpha value is -1.80. The largest absolute Gasteiger partial charge is 0.497 e. The van der Waals surface area contributed by atoms with Gasteiger partial charge in [-0.15, -0.1) is 0 Å². The zero-order chi connectivity index (χ0) is 13.7. The molecule has 0 radical (unpaired) electrons. The maximum absolute atomic E-state index is 9.80. The summed E-state index contributed by atoms with van der Waals surface area (Å²) in [5, 5.41) is 9.80. The van der Waals surface area contributed by atoms with Gasteiger partial charge >= 0.3 is 0 Å². The van der Waals surface area contributed by atoms with Crippen LogP contribution in [0.25, 0.3) is 0 Å². The average Bonchev–Trinajstić information content (AvgIpc) is 2.48. The molecule has 0 bridgehead atoms. The van der Waals surface area contributed by atoms with Crippen LogP contribution in [0.3, 0.4) is 0 Å². The molecule has 2 heteroatoms. The molecular formula is C17H20O2. The van der Waals surface area contributed by atoms with Gasteiger partial charge in [-0.05, 0) is 29.7 Å². The summed E-state index contributed by atoms with van der Waals surface area (Å²) >= 11 is 0. The van der Waals surface area contributed by atoms with Crippen LogP contribution in [0, 0.1) is 0 Å². The number of aliphatic hydroxyl groups is 1. The van der Waals surface area contributed by atoms with Crippen LogP contribution in [-0.4, -0.2) is 18.8 Å². The van der Waals surface area contributed by atoms with Crippen molar-refractivity contribution in [1.82, 2.24) is 0 Å². The Balaban J connectivity index is 2.27. The van der Waals surface area contributed by atoms with Crippen molar-refractivity contribution in [1.29, 1.82) is 0 Å². The van der Waals surface area contributed by atoms with Crippen LogP contribution >= 0.6 is 0 Å². The molecule has 1 atom stereocenters. The monoisotopic (exact) mass is 256 g/mol. The molecule has 0 aliphatic carbocycles. The van der Waals surface area contributed by atoms with Gasteiger partial charge in [0.05, 0.1) is 13.7 Å². The molecule has 0 aromatic heterocycles. The van der Waals surface area contributed by atoms with Crippen LogP contribution in [0.2, 0.25) is 0 Å². The first-order valence-electron chi connectivity index (χ1n) is 6.47. The van der Waals surface area contributed by atoms with Crippen molar-refractivity contribution in [3.8, 4) is 5.75 Å². The van der Waals surface area contributed by atoms with Crippen molar-refractivity contribution in [2.75, 3.05) is 13.7 Å². The molecule has 0 saturated heterocycles. The highest BCUT2D eigenvalue weighted by molar-refractivity contribution is 5.33. The molecule has 2 nitrogen and oxygen atoms in total. The van der Waals surface area contributed by atoms with Crippen molar-refractivity contribution in [2.45, 2.75) is 18.8 Å². The predicted octanol–water partition coefficient (Wildman–Crippen LogP) is 3.19. The summed E-state index contributed by atoms with van der Waals surface area (Å²) in [7, 11) is 1.67. The number of ether oxygens (including phenoxy) is 1. The molecule has 0 spiro atoms. The molecule has 2 aromatic carbocycles. The van der Waals surface area contributed by atoms with E-state index in [0.29, 0.717) is 0 Å². The van der Waals surface area contributed by atoms with E-state index >= 15 is 0 Å². The van der Waals surface area contributed by atoms with Crippen molar-refractivity contribution < 1.29 is 9.84 Å². The normalized spacial score (nSPS) is 13.8. The lowest BCUT2D eigenvalue weighted by Crippen LogP contribution is -2.29. The van der Waals surface area contributed by atoms with Crippen LogP contribution in [0.4, 0.5) is 0 Å². The first-order chi connectivity index (χ1) is 9.18. The fourth-order valence-corrected chi connectivity index (χ4v) is 2.32. The van der Waals surface area contributed by atoms with Gasteiger partial charge in [0.25, 0.3) is 0 Å². The summed E-state index contributed by atoms with van der Waals surface area (Å²) in [5.41, 5.74) is 2.05. The summed E-state index contributed by atoms with van der Waals surface area (Å²) in [4.78, 5) is 0. The molecule has 0 heterocycles. The minimum absolute atomic E-state index is 0.119. The Kier molecular flexibility index (Phi) is 4.23. The average molecular weight is 256 g/mol. The van der Waals surface area contributed by atoms with E-state index in [9.17, 15) is 5.11 Å². The number of benzene rings is 2. The van der Waals surface area contributed by atoms with Crippen LogP contribution in [-0.2, 0) is 11.8 Å². The standard InChI is InChI=1S/C17H20O2/c1-17(13-18,15-8-4-3-5-9-15)12-14-7-6-10-16(11-14)19-2/h3-11,18H,12-13H2,1-2H3. The smallest absolute Gasteiger partial charge is 0.119 e. The van der Waals surface area contributed by atoms with Gasteiger partial charge in [0.15, 0.2) is 0 Å². The topological polar surface area (TPSA) is 29.5 Å². The number of methoxy groups -OCH3 is 1. The molecule has 0 saturated carbocycles. The fourth-order valence-electron chi connectivity index (χ4n) is 2.32. The highest BCUT2D eigenvalue weighted by Gasteiger charge is 2.26. The molecule has 19 heavy (non-hydrogen) atoms. The van der Waals surface area contributed by atoms with Gasteiger partial charge in [0.2, 0.25) is 0 Å². The van der Waals surface area contributed by atoms with Gasteiger partial charge in [0, 0.05) is 5.41 Å². The molecule has 0 aliphatic heterocycles. The zero-order valence-electron chi connectivity index (χ0n) is 11.5. The van der Waals surface area contributed by atoms with E-state index in [4.69, 9.17) is 4.74 Å². The van der Waals surface area contributed by atoms with E-state index in [1.807, 2.05) is 36.4 Å². The van der Waals surface area contributed by atoms with Gasteiger partial charge in [0.1, 0.15) is 5.75 Å². The predicted molar refractivity (Wildman–Crippen MR) is 77.6 cm³/mol. The zero-order valence-corrected chi connectivity index (χ0v) is 11.5. The molecule has 2 rings (SSSR count). The highest BCUT2D eigenvalue weighted by Crippen LogP contribution is 2.28. The lowest BCUT2D eigenvalue weighted by atomic mass is 9.78. The summed E-state index contributed by atoms with van der Waals surface area (Å²) in [5.74, 6) is 0.853. The molecule has 1 N–H and O–H groups in total. The molecule has 0 fully saturated rings. The van der Waals surface area contributed by atoms with E-state index in [0.717, 1.165) is 17.7 Å². The van der Waals surface area contributed by atoms with Crippen molar-refractivity contribution in [3.63, 3.8) is 0 Å². The third-order valence-electron chi connectivity index (χ3n) is 3.55. The summed E-state index contributed by atoms with van der Waals surface area (Å²) in [6.45, 7) is 2.20. The van der Waals surface area contributed by atoms with Gasteiger partial charge in [-0.2, -0.15) is 0 Å². The van der Waals surface area contributed by atoms with Gasteiger partial charge < -0.3 is 9.84 Å². The number of aliphatic hydroxyl groups excluding tert-OH is 1. The van der Waals surface area contributed by atoms with Gasteiger partial charge in [-0.3, -0.25) is 0 Å². The third-order valence-corrected chi connectivity index (χ3v) is 3.55. The molecule has 1 unspecified atom stereocenters.